The van der Waals surface area contributed by atoms with E-state index in [1.54, 1.807) is 0 Å². The first-order valence-corrected chi connectivity index (χ1v) is 15.8. The Bertz CT molecular complexity index is 1870. The molecule has 0 saturated carbocycles. The molecule has 0 spiro atoms. The topological polar surface area (TPSA) is 314 Å². The van der Waals surface area contributed by atoms with E-state index in [-0.39, 0.29) is 137 Å². The molecule has 0 saturated heterocycles. The first-order valence-electron chi connectivity index (χ1n) is 10.7. The maximum Gasteiger partial charge on any atom is 1.00 e. The van der Waals surface area contributed by atoms with Gasteiger partial charge in [-0.25, -0.2) is 30.2 Å². The van der Waals surface area contributed by atoms with Crippen LogP contribution in [-0.2, 0) is 43.6 Å². The van der Waals surface area contributed by atoms with E-state index in [9.17, 15) is 39.6 Å². The number of pyridine rings is 1. The minimum atomic E-state index is -5.28. The number of rotatable bonds is 13. The Balaban J connectivity index is 0. The van der Waals surface area contributed by atoms with E-state index in [0.717, 1.165) is 24.3 Å². The van der Waals surface area contributed by atoms with Crippen molar-refractivity contribution in [2.75, 3.05) is 23.8 Å². The summed E-state index contributed by atoms with van der Waals surface area (Å²) in [6.45, 7) is -0.501. The Kier molecular flexibility index (Phi) is 21.4. The van der Waals surface area contributed by atoms with Gasteiger partial charge in [-0.3, -0.25) is 9.22 Å². The second-order valence-electron chi connectivity index (χ2n) is 7.55. The van der Waals surface area contributed by atoms with Crippen molar-refractivity contribution in [3.8, 4) is 0 Å². The number of nitrogen functional groups attached to an aromatic ring is 2. The second kappa shape index (κ2) is 20.8. The largest absolute Gasteiger partial charge is 1.00 e. The molecule has 26 heteroatoms. The molecule has 0 radical (unpaired) electrons. The molecule has 0 aliphatic carbocycles. The van der Waals surface area contributed by atoms with Crippen LogP contribution in [0.3, 0.4) is 0 Å². The molecule has 19 nitrogen and oxygen atoms in total. The zero-order valence-corrected chi connectivity index (χ0v) is 32.7. The Morgan fingerprint density at radius 2 is 1.24 bits per heavy atom. The van der Waals surface area contributed by atoms with Crippen molar-refractivity contribution in [3.05, 3.63) is 48.5 Å². The van der Waals surface area contributed by atoms with Crippen LogP contribution in [0.1, 0.15) is 7.43 Å². The second-order valence-corrected chi connectivity index (χ2v) is 12.9. The maximum absolute atomic E-state index is 12.5. The van der Waals surface area contributed by atoms with Crippen LogP contribution in [-0.4, -0.2) is 51.7 Å². The molecule has 1 aromatic heterocycles. The zero-order valence-electron chi connectivity index (χ0n) is 23.5. The van der Waals surface area contributed by atoms with Crippen molar-refractivity contribution >= 4 is 76.8 Å². The molecule has 4 N–H and O–H groups in total. The summed E-state index contributed by atoms with van der Waals surface area (Å²) in [5.41, 5.74) is 10.2. The average molecular weight is 748 g/mol. The third-order valence-electron chi connectivity index (χ3n) is 4.80. The predicted molar refractivity (Wildman–Crippen MR) is 145 cm³/mol. The van der Waals surface area contributed by atoms with E-state index in [4.69, 9.17) is 11.5 Å². The number of hydrogen-bond acceptors (Lipinski definition) is 20. The number of nitrogens with two attached hydrogens (primary N) is 2. The Morgan fingerprint density at radius 1 is 0.739 bits per heavy atom. The van der Waals surface area contributed by atoms with Crippen LogP contribution in [0.25, 0.3) is 0 Å². The smallest absolute Gasteiger partial charge is 0.744 e. The molecule has 0 aliphatic rings. The average Bonchev–Trinajstić information content (AvgIpc) is 2.91. The summed E-state index contributed by atoms with van der Waals surface area (Å²) >= 11 is 0.0649. The summed E-state index contributed by atoms with van der Waals surface area (Å²) in [6.07, 6.45) is 0. The quantitative estimate of drug-likeness (QED) is 0.0312. The normalized spacial score (nSPS) is 11.7. The predicted octanol–water partition coefficient (Wildman–Crippen LogP) is -6.89. The number of azo groups is 2. The van der Waals surface area contributed by atoms with Gasteiger partial charge in [0, 0.05) is 6.07 Å². The zero-order chi connectivity index (χ0) is 31.1. The summed E-state index contributed by atoms with van der Waals surface area (Å²) in [5, 5.41) is 27.6. The van der Waals surface area contributed by atoms with E-state index in [0.29, 0.717) is 6.07 Å². The minimum Gasteiger partial charge on any atom is -0.744 e. The van der Waals surface area contributed by atoms with Crippen LogP contribution in [0.2, 0.25) is 0 Å². The van der Waals surface area contributed by atoms with Gasteiger partial charge in [-0.2, -0.15) is 0 Å². The van der Waals surface area contributed by atoms with Crippen LogP contribution >= 0.6 is 12.3 Å². The monoisotopic (exact) mass is 747 g/mol. The van der Waals surface area contributed by atoms with Gasteiger partial charge in [0.2, 0.25) is 0 Å². The number of aromatic nitrogens is 1. The number of nitrogens with zero attached hydrogens (tertiary/aromatic N) is 5. The van der Waals surface area contributed by atoms with E-state index in [1.165, 1.54) is 18.2 Å². The van der Waals surface area contributed by atoms with E-state index >= 15 is 0 Å². The van der Waals surface area contributed by atoms with Gasteiger partial charge < -0.3 is 25.8 Å². The molecule has 2 aromatic carbocycles. The fourth-order valence-corrected chi connectivity index (χ4v) is 5.70. The Hall–Kier alpha value is -0.650. The third-order valence-corrected chi connectivity index (χ3v) is 8.60. The fraction of sp³-hybridized carbons (Fsp3) is 0.150. The van der Waals surface area contributed by atoms with Gasteiger partial charge in [0.15, 0.2) is 33.8 Å². The van der Waals surface area contributed by atoms with Crippen molar-refractivity contribution in [2.45, 2.75) is 22.1 Å². The van der Waals surface area contributed by atoms with Crippen LogP contribution in [0.4, 0.5) is 34.4 Å². The van der Waals surface area contributed by atoms with E-state index < -0.39 is 62.8 Å². The summed E-state index contributed by atoms with van der Waals surface area (Å²) < 4.78 is 103. The molecule has 0 atom stereocenters. The number of hydrogen-bond donors (Lipinski definition) is 2. The Labute approximate surface area is 334 Å². The summed E-state index contributed by atoms with van der Waals surface area (Å²) in [7, 11) is -14.4. The first kappa shape index (κ1) is 47.5. The molecule has 46 heavy (non-hydrogen) atoms. The van der Waals surface area contributed by atoms with Gasteiger partial charge in [-0.1, -0.05) is 19.6 Å². The molecular formula is C20H20N7Na3O12S4. The van der Waals surface area contributed by atoms with Gasteiger partial charge in [0.1, 0.15) is 43.0 Å². The molecule has 3 aromatic rings. The number of anilines is 2. The SMILES string of the molecule is C.Nc1nc(N)c(N=Nc2ccc(S(=O)(=O)CCOSOO[O-])cc2S(=O)(=O)[O-])cc1N=Nc1ccccc1S(=O)(=O)[O-].[Na+].[Na+].[Na+]. The molecule has 0 fully saturated rings. The standard InChI is InChI=1S/C19H19N7O12S4.CH4.3Na/c20-18-14(25-23-12-3-1-2-4-16(12)41(30,31)32)10-15(19(21)22-18)26-24-13-6-5-11(9-17(13)42(33,34)35)40(28,29)8-7-36-39-38-37-27;;;;/h1-6,9-10,27H,7-8H2,(H4,20,21,22)(H,30,31,32)(H,33,34,35);1H4;;;/q;;3*+1/p-3. The minimum absolute atomic E-state index is 0. The van der Waals surface area contributed by atoms with E-state index in [2.05, 4.69) is 39.0 Å². The first-order chi connectivity index (χ1) is 19.6. The van der Waals surface area contributed by atoms with E-state index in [1.807, 2.05) is 0 Å². The number of benzene rings is 2. The fourth-order valence-electron chi connectivity index (χ4n) is 2.95. The van der Waals surface area contributed by atoms with Crippen molar-refractivity contribution in [3.63, 3.8) is 0 Å². The molecule has 0 amide bonds. The molecule has 1 heterocycles. The summed E-state index contributed by atoms with van der Waals surface area (Å²) in [4.78, 5) is 1.54. The number of sulfone groups is 1. The van der Waals surface area contributed by atoms with Crippen molar-refractivity contribution in [2.24, 2.45) is 20.5 Å². The Morgan fingerprint density at radius 3 is 1.76 bits per heavy atom. The van der Waals surface area contributed by atoms with Crippen molar-refractivity contribution in [1.82, 2.24) is 4.98 Å². The molecular weight excluding hydrogens is 727 g/mol. The summed E-state index contributed by atoms with van der Waals surface area (Å²) in [5.74, 6) is -1.31. The van der Waals surface area contributed by atoms with Gasteiger partial charge in [0.25, 0.3) is 0 Å². The van der Waals surface area contributed by atoms with Crippen LogP contribution in [0.5, 0.6) is 0 Å². The third kappa shape index (κ3) is 13.7. The maximum atomic E-state index is 12.5. The molecule has 0 bridgehead atoms. The van der Waals surface area contributed by atoms with Gasteiger partial charge in [-0.15, -0.1) is 24.8 Å². The van der Waals surface area contributed by atoms with Crippen LogP contribution in [0, 0.1) is 0 Å². The summed E-state index contributed by atoms with van der Waals surface area (Å²) in [6, 6.07) is 8.44. The van der Waals surface area contributed by atoms with Crippen molar-refractivity contribution < 1.29 is 142 Å². The molecule has 0 aliphatic heterocycles. The van der Waals surface area contributed by atoms with Crippen molar-refractivity contribution in [1.29, 1.82) is 0 Å². The van der Waals surface area contributed by atoms with Crippen LogP contribution in [0.15, 0.2) is 83.7 Å². The molecule has 3 rings (SSSR count). The van der Waals surface area contributed by atoms with Gasteiger partial charge in [-0.05, 0) is 30.3 Å². The van der Waals surface area contributed by atoms with Crippen LogP contribution < -0.4 is 105 Å². The molecule has 234 valence electrons. The molecule has 0 unspecified atom stereocenters. The van der Waals surface area contributed by atoms with Gasteiger partial charge in [0.05, 0.1) is 27.0 Å². The van der Waals surface area contributed by atoms with Gasteiger partial charge >= 0.3 is 88.7 Å².